The van der Waals surface area contributed by atoms with Crippen LogP contribution in [0.1, 0.15) is 158 Å². The predicted octanol–water partition coefficient (Wildman–Crippen LogP) is 10.6. The van der Waals surface area contributed by atoms with Crippen molar-refractivity contribution in [1.82, 2.24) is 5.06 Å². The molecule has 61 heavy (non-hydrogen) atoms. The van der Waals surface area contributed by atoms with E-state index in [1.165, 1.54) is 0 Å². The van der Waals surface area contributed by atoms with Crippen LogP contribution in [0.25, 0.3) is 0 Å². The molecule has 4 rings (SSSR count). The predicted molar refractivity (Wildman–Crippen MR) is 231 cm³/mol. The molecule has 0 radical (unpaired) electrons. The zero-order valence-corrected chi connectivity index (χ0v) is 35.9. The van der Waals surface area contributed by atoms with E-state index in [-0.39, 0.29) is 57.4 Å². The lowest BCUT2D eigenvalue weighted by molar-refractivity contribution is -0.210. The minimum atomic E-state index is -1.68. The number of hydroxylamine groups is 2. The normalized spacial score (nSPS) is 12.6. The van der Waals surface area contributed by atoms with E-state index in [0.717, 1.165) is 107 Å². The molecule has 1 heterocycles. The lowest BCUT2D eigenvalue weighted by Gasteiger charge is -2.30. The van der Waals surface area contributed by atoms with Gasteiger partial charge in [-0.25, -0.2) is 4.79 Å². The van der Waals surface area contributed by atoms with Crippen molar-refractivity contribution in [3.05, 3.63) is 108 Å². The summed E-state index contributed by atoms with van der Waals surface area (Å²) in [5, 5.41) is 0.521. The number of rotatable bonds is 31. The van der Waals surface area contributed by atoms with Gasteiger partial charge in [-0.1, -0.05) is 181 Å². The Balaban J connectivity index is 1.22. The zero-order chi connectivity index (χ0) is 43.4. The Hall–Kier alpha value is -5.32. The number of benzene rings is 3. The van der Waals surface area contributed by atoms with Crippen LogP contribution in [-0.2, 0) is 67.6 Å². The Labute approximate surface area is 361 Å². The van der Waals surface area contributed by atoms with Crippen molar-refractivity contribution < 1.29 is 47.8 Å². The quantitative estimate of drug-likeness (QED) is 0.0202. The molecule has 1 saturated heterocycles. The number of esters is 3. The van der Waals surface area contributed by atoms with Crippen molar-refractivity contribution >= 4 is 35.7 Å². The largest absolute Gasteiger partial charge is 0.461 e. The molecule has 3 aromatic rings. The standard InChI is InChI=1S/C50H65NO10/c52-44-34-35-45(53)51(44)61-49(57)50(48(56)60-40-43-30-20-15-21-31-43,36-24-11-7-3-1-5-9-22-32-46(54)58-38-41-26-16-13-17-27-41)37-25-12-8-4-2-6-10-23-33-47(55)59-39-42-28-18-14-19-29-42/h13-21,26-31H,1-12,22-25,32-40H2. The Morgan fingerprint density at radius 3 is 1.13 bits per heavy atom. The van der Waals surface area contributed by atoms with Crippen LogP contribution in [0.4, 0.5) is 0 Å². The topological polar surface area (TPSA) is 143 Å². The summed E-state index contributed by atoms with van der Waals surface area (Å²) in [6.45, 7) is 0.556. The first-order valence-electron chi connectivity index (χ1n) is 22.5. The molecule has 330 valence electrons. The van der Waals surface area contributed by atoms with Gasteiger partial charge in [0, 0.05) is 25.7 Å². The summed E-state index contributed by atoms with van der Waals surface area (Å²) in [5.41, 5.74) is 1.04. The summed E-state index contributed by atoms with van der Waals surface area (Å²) >= 11 is 0. The Bertz CT molecular complexity index is 1670. The van der Waals surface area contributed by atoms with Gasteiger partial charge in [0.1, 0.15) is 19.8 Å². The highest BCUT2D eigenvalue weighted by Gasteiger charge is 2.50. The first kappa shape index (κ1) is 48.3. The van der Waals surface area contributed by atoms with Gasteiger partial charge < -0.3 is 19.0 Å². The van der Waals surface area contributed by atoms with Crippen LogP contribution in [0.2, 0.25) is 0 Å². The van der Waals surface area contributed by atoms with E-state index in [4.69, 9.17) is 19.0 Å². The van der Waals surface area contributed by atoms with Crippen LogP contribution in [-0.4, -0.2) is 40.8 Å². The molecule has 0 aliphatic carbocycles. The summed E-state index contributed by atoms with van der Waals surface area (Å²) < 4.78 is 16.6. The fourth-order valence-corrected chi connectivity index (χ4v) is 7.44. The van der Waals surface area contributed by atoms with Gasteiger partial charge in [0.2, 0.25) is 0 Å². The molecule has 1 aliphatic heterocycles. The highest BCUT2D eigenvalue weighted by Crippen LogP contribution is 2.37. The third-order valence-corrected chi connectivity index (χ3v) is 11.1. The molecule has 1 fully saturated rings. The molecule has 0 unspecified atom stereocenters. The van der Waals surface area contributed by atoms with E-state index in [1.54, 1.807) is 0 Å². The van der Waals surface area contributed by atoms with Crippen LogP contribution in [0.3, 0.4) is 0 Å². The summed E-state index contributed by atoms with van der Waals surface area (Å²) in [6.07, 6.45) is 14.9. The van der Waals surface area contributed by atoms with E-state index in [2.05, 4.69) is 0 Å². The van der Waals surface area contributed by atoms with Crippen molar-refractivity contribution in [2.75, 3.05) is 0 Å². The van der Waals surface area contributed by atoms with Gasteiger partial charge in [0.25, 0.3) is 11.8 Å². The molecule has 2 amide bonds. The minimum absolute atomic E-state index is 0.0220. The number of ether oxygens (including phenoxy) is 3. The number of nitrogens with zero attached hydrogens (tertiary/aromatic N) is 1. The lowest BCUT2D eigenvalue weighted by atomic mass is 9.77. The third kappa shape index (κ3) is 18.5. The summed E-state index contributed by atoms with van der Waals surface area (Å²) in [4.78, 5) is 82.9. The number of hydrogen-bond donors (Lipinski definition) is 0. The van der Waals surface area contributed by atoms with Gasteiger partial charge in [-0.3, -0.25) is 24.0 Å². The van der Waals surface area contributed by atoms with E-state index in [1.807, 2.05) is 91.0 Å². The van der Waals surface area contributed by atoms with Crippen LogP contribution < -0.4 is 0 Å². The van der Waals surface area contributed by atoms with Crippen LogP contribution in [0.15, 0.2) is 91.0 Å². The maximum absolute atomic E-state index is 14.1. The Morgan fingerprint density at radius 2 is 0.754 bits per heavy atom. The number of carbonyl (C=O) groups excluding carboxylic acids is 6. The third-order valence-electron chi connectivity index (χ3n) is 11.1. The van der Waals surface area contributed by atoms with Crippen LogP contribution >= 0.6 is 0 Å². The second-order valence-electron chi connectivity index (χ2n) is 16.1. The zero-order valence-electron chi connectivity index (χ0n) is 35.9. The second kappa shape index (κ2) is 28.3. The molecule has 3 aromatic carbocycles. The SMILES string of the molecule is O=C(CCCCCCCCCCC(CCCCCCCCCCC(=O)OCc1ccccc1)(C(=O)OCc1ccccc1)C(=O)ON1C(=O)CCC1=O)OCc1ccccc1. The first-order valence-corrected chi connectivity index (χ1v) is 22.5. The van der Waals surface area contributed by atoms with Gasteiger partial charge in [0.15, 0.2) is 5.41 Å². The number of imide groups is 1. The molecule has 0 atom stereocenters. The fraction of sp³-hybridized carbons (Fsp3) is 0.520. The molecular weight excluding hydrogens is 775 g/mol. The second-order valence-corrected chi connectivity index (χ2v) is 16.1. The van der Waals surface area contributed by atoms with E-state index in [0.29, 0.717) is 30.7 Å². The number of unbranched alkanes of at least 4 members (excludes halogenated alkanes) is 14. The van der Waals surface area contributed by atoms with Crippen LogP contribution in [0.5, 0.6) is 0 Å². The number of hydrogen-bond acceptors (Lipinski definition) is 10. The van der Waals surface area contributed by atoms with Gasteiger partial charge >= 0.3 is 23.9 Å². The smallest absolute Gasteiger partial charge is 0.350 e. The molecular formula is C50H65NO10. The van der Waals surface area contributed by atoms with Crippen LogP contribution in [0, 0.1) is 5.41 Å². The Kier molecular flexibility index (Phi) is 22.4. The molecule has 0 spiro atoms. The summed E-state index contributed by atoms with van der Waals surface area (Å²) in [5.74, 6) is -3.19. The fourth-order valence-electron chi connectivity index (χ4n) is 7.44. The van der Waals surface area contributed by atoms with Crippen molar-refractivity contribution in [3.8, 4) is 0 Å². The molecule has 1 aliphatic rings. The highest BCUT2D eigenvalue weighted by atomic mass is 16.7. The summed E-state index contributed by atoms with van der Waals surface area (Å²) in [7, 11) is 0. The summed E-state index contributed by atoms with van der Waals surface area (Å²) in [6, 6.07) is 28.5. The van der Waals surface area contributed by atoms with Gasteiger partial charge in [-0.2, -0.15) is 0 Å². The molecule has 11 nitrogen and oxygen atoms in total. The maximum Gasteiger partial charge on any atom is 0.350 e. The van der Waals surface area contributed by atoms with Crippen molar-refractivity contribution in [1.29, 1.82) is 0 Å². The number of amides is 2. The molecule has 0 saturated carbocycles. The number of carbonyl (C=O) groups is 6. The molecule has 11 heteroatoms. The monoisotopic (exact) mass is 839 g/mol. The van der Waals surface area contributed by atoms with Gasteiger partial charge in [-0.05, 0) is 42.4 Å². The minimum Gasteiger partial charge on any atom is -0.461 e. The van der Waals surface area contributed by atoms with Crippen molar-refractivity contribution in [2.24, 2.45) is 5.41 Å². The van der Waals surface area contributed by atoms with E-state index < -0.39 is 29.2 Å². The molecule has 0 N–H and O–H groups in total. The van der Waals surface area contributed by atoms with Crippen molar-refractivity contribution in [3.63, 3.8) is 0 Å². The maximum atomic E-state index is 14.1. The molecule has 0 aromatic heterocycles. The highest BCUT2D eigenvalue weighted by molar-refractivity contribution is 6.04. The van der Waals surface area contributed by atoms with Gasteiger partial charge in [-0.15, -0.1) is 5.06 Å². The molecule has 0 bridgehead atoms. The first-order chi connectivity index (χ1) is 29.8. The van der Waals surface area contributed by atoms with E-state index >= 15 is 0 Å². The lowest BCUT2D eigenvalue weighted by Crippen LogP contribution is -2.46. The van der Waals surface area contributed by atoms with E-state index in [9.17, 15) is 28.8 Å². The average Bonchev–Trinajstić information content (AvgIpc) is 3.60. The average molecular weight is 840 g/mol. The van der Waals surface area contributed by atoms with Gasteiger partial charge in [0.05, 0.1) is 0 Å². The Morgan fingerprint density at radius 1 is 0.426 bits per heavy atom. The van der Waals surface area contributed by atoms with Crippen molar-refractivity contribution in [2.45, 2.75) is 161 Å².